The number of aromatic nitrogens is 1. The third-order valence-electron chi connectivity index (χ3n) is 3.96. The average Bonchev–Trinajstić information content (AvgIpc) is 2.69. The van der Waals surface area contributed by atoms with Gasteiger partial charge >= 0.3 is 5.97 Å². The number of nitrogens with one attached hydrogen (secondary N) is 1. The van der Waals surface area contributed by atoms with Crippen LogP contribution in [0.4, 0.5) is 5.82 Å². The molecule has 0 saturated carbocycles. The molecule has 3 N–H and O–H groups in total. The van der Waals surface area contributed by atoms with Crippen molar-refractivity contribution in [2.75, 3.05) is 4.72 Å². The zero-order chi connectivity index (χ0) is 21.0. The number of carboxylic acid groups (broad SMARTS) is 1. The van der Waals surface area contributed by atoms with Gasteiger partial charge < -0.3 is 10.2 Å². The number of benzene rings is 2. The molecular formula is C21H16N2O5S. The largest absolute Gasteiger partial charge is 0.507 e. The summed E-state index contributed by atoms with van der Waals surface area (Å²) in [4.78, 5) is 15.1. The van der Waals surface area contributed by atoms with Gasteiger partial charge in [0.1, 0.15) is 17.1 Å². The fraction of sp³-hybridized carbons (Fsp3) is 0.0476. The van der Waals surface area contributed by atoms with Gasteiger partial charge in [0, 0.05) is 17.3 Å². The Hall–Kier alpha value is -3.83. The number of aromatic hydroxyl groups is 1. The molecule has 0 saturated heterocycles. The lowest BCUT2D eigenvalue weighted by Crippen LogP contribution is -2.14. The molecule has 146 valence electrons. The van der Waals surface area contributed by atoms with Crippen LogP contribution in [0.2, 0.25) is 0 Å². The standard InChI is InChI=1S/C21H16N2O5S/c1-14-4-3-11-22-20(14)23-29(27,28)17-6-2-5-15(12-17)7-8-16-9-10-19(24)18(13-16)21(25)26/h2-6,9-13,24H,1H3,(H,22,23)(H,25,26). The van der Waals surface area contributed by atoms with Crippen LogP contribution < -0.4 is 4.72 Å². The molecule has 8 heteroatoms. The summed E-state index contributed by atoms with van der Waals surface area (Å²) in [6.07, 6.45) is 1.50. The Morgan fingerprint density at radius 3 is 2.45 bits per heavy atom. The number of rotatable bonds is 4. The van der Waals surface area contributed by atoms with Crippen molar-refractivity contribution in [2.24, 2.45) is 0 Å². The van der Waals surface area contributed by atoms with Gasteiger partial charge in [-0.25, -0.2) is 18.2 Å². The lowest BCUT2D eigenvalue weighted by molar-refractivity contribution is 0.0693. The van der Waals surface area contributed by atoms with Gasteiger partial charge in [0.05, 0.1) is 4.90 Å². The van der Waals surface area contributed by atoms with Crippen molar-refractivity contribution in [3.63, 3.8) is 0 Å². The molecule has 0 amide bonds. The van der Waals surface area contributed by atoms with Crippen molar-refractivity contribution in [3.05, 3.63) is 83.0 Å². The molecular weight excluding hydrogens is 392 g/mol. The maximum atomic E-state index is 12.6. The summed E-state index contributed by atoms with van der Waals surface area (Å²) in [6, 6.07) is 13.5. The summed E-state index contributed by atoms with van der Waals surface area (Å²) < 4.78 is 27.7. The quantitative estimate of drug-likeness (QED) is 0.572. The van der Waals surface area contributed by atoms with Gasteiger partial charge in [-0.3, -0.25) is 4.72 Å². The lowest BCUT2D eigenvalue weighted by Gasteiger charge is -2.09. The first-order valence-corrected chi connectivity index (χ1v) is 9.87. The molecule has 0 aliphatic rings. The van der Waals surface area contributed by atoms with Crippen LogP contribution in [0.3, 0.4) is 0 Å². The number of hydrogen-bond donors (Lipinski definition) is 3. The Labute approximate surface area is 167 Å². The number of aryl methyl sites for hydroxylation is 1. The van der Waals surface area contributed by atoms with Crippen LogP contribution >= 0.6 is 0 Å². The molecule has 0 bridgehead atoms. The minimum atomic E-state index is -3.86. The van der Waals surface area contributed by atoms with E-state index in [1.165, 1.54) is 36.5 Å². The SMILES string of the molecule is Cc1cccnc1NS(=O)(=O)c1cccc(C#Cc2ccc(O)c(C(=O)O)c2)c1. The molecule has 0 fully saturated rings. The van der Waals surface area contributed by atoms with Gasteiger partial charge in [0.25, 0.3) is 10.0 Å². The first kappa shape index (κ1) is 19.9. The van der Waals surface area contributed by atoms with Crippen LogP contribution in [0.1, 0.15) is 27.0 Å². The Balaban J connectivity index is 1.89. The summed E-state index contributed by atoms with van der Waals surface area (Å²) >= 11 is 0. The van der Waals surface area contributed by atoms with Crippen molar-refractivity contribution >= 4 is 21.8 Å². The number of carbonyl (C=O) groups is 1. The molecule has 1 aromatic heterocycles. The van der Waals surface area contributed by atoms with Gasteiger partial charge in [-0.05, 0) is 55.0 Å². The fourth-order valence-electron chi connectivity index (χ4n) is 2.45. The molecule has 0 aliphatic heterocycles. The summed E-state index contributed by atoms with van der Waals surface area (Å²) in [5, 5.41) is 18.6. The number of carboxylic acids is 1. The third-order valence-corrected chi connectivity index (χ3v) is 5.30. The fourth-order valence-corrected chi connectivity index (χ4v) is 3.58. The summed E-state index contributed by atoms with van der Waals surface area (Å²) in [7, 11) is -3.86. The molecule has 0 unspecified atom stereocenters. The van der Waals surface area contributed by atoms with Crippen LogP contribution in [0, 0.1) is 18.8 Å². The Kier molecular flexibility index (Phi) is 5.52. The van der Waals surface area contributed by atoms with Crippen LogP contribution in [-0.4, -0.2) is 29.6 Å². The van der Waals surface area contributed by atoms with E-state index in [1.54, 1.807) is 31.2 Å². The van der Waals surface area contributed by atoms with Crippen LogP contribution in [0.25, 0.3) is 0 Å². The minimum absolute atomic E-state index is 0.0197. The van der Waals surface area contributed by atoms with Gasteiger partial charge in [0.15, 0.2) is 0 Å². The van der Waals surface area contributed by atoms with Gasteiger partial charge in [-0.15, -0.1) is 0 Å². The van der Waals surface area contributed by atoms with E-state index >= 15 is 0 Å². The number of nitrogens with zero attached hydrogens (tertiary/aromatic N) is 1. The molecule has 3 aromatic rings. The second-order valence-corrected chi connectivity index (χ2v) is 7.77. The first-order valence-electron chi connectivity index (χ1n) is 8.39. The Morgan fingerprint density at radius 2 is 1.76 bits per heavy atom. The molecule has 0 aliphatic carbocycles. The van der Waals surface area contributed by atoms with Crippen molar-refractivity contribution < 1.29 is 23.4 Å². The van der Waals surface area contributed by atoms with Crippen molar-refractivity contribution in [1.29, 1.82) is 0 Å². The van der Waals surface area contributed by atoms with E-state index in [9.17, 15) is 18.3 Å². The topological polar surface area (TPSA) is 117 Å². The Morgan fingerprint density at radius 1 is 1.03 bits per heavy atom. The van der Waals surface area contributed by atoms with Crippen LogP contribution in [-0.2, 0) is 10.0 Å². The molecule has 0 spiro atoms. The van der Waals surface area contributed by atoms with E-state index in [1.807, 2.05) is 0 Å². The van der Waals surface area contributed by atoms with E-state index < -0.39 is 16.0 Å². The van der Waals surface area contributed by atoms with Crippen LogP contribution in [0.15, 0.2) is 65.7 Å². The van der Waals surface area contributed by atoms with E-state index in [4.69, 9.17) is 5.11 Å². The predicted molar refractivity (Wildman–Crippen MR) is 107 cm³/mol. The van der Waals surface area contributed by atoms with Crippen molar-refractivity contribution in [1.82, 2.24) is 4.98 Å². The summed E-state index contributed by atoms with van der Waals surface area (Å²) in [5.74, 6) is 4.19. The molecule has 0 radical (unpaired) electrons. The molecule has 3 rings (SSSR count). The maximum absolute atomic E-state index is 12.6. The predicted octanol–water partition coefficient (Wildman–Crippen LogP) is 2.99. The number of aromatic carboxylic acids is 1. The van der Waals surface area contributed by atoms with E-state index in [0.29, 0.717) is 16.7 Å². The Bertz CT molecular complexity index is 1260. The monoisotopic (exact) mass is 408 g/mol. The number of hydrogen-bond acceptors (Lipinski definition) is 5. The zero-order valence-corrected chi connectivity index (χ0v) is 16.1. The lowest BCUT2D eigenvalue weighted by atomic mass is 10.1. The van der Waals surface area contributed by atoms with Crippen LogP contribution in [0.5, 0.6) is 5.75 Å². The van der Waals surface area contributed by atoms with Gasteiger partial charge in [-0.2, -0.15) is 0 Å². The highest BCUT2D eigenvalue weighted by molar-refractivity contribution is 7.92. The summed E-state index contributed by atoms with van der Waals surface area (Å²) in [6.45, 7) is 1.75. The normalized spacial score (nSPS) is 10.7. The molecule has 7 nitrogen and oxygen atoms in total. The highest BCUT2D eigenvalue weighted by Crippen LogP contribution is 2.19. The first-order chi connectivity index (χ1) is 13.8. The second kappa shape index (κ2) is 8.04. The van der Waals surface area contributed by atoms with E-state index in [0.717, 1.165) is 0 Å². The third kappa shape index (κ3) is 4.72. The molecule has 29 heavy (non-hydrogen) atoms. The highest BCUT2D eigenvalue weighted by Gasteiger charge is 2.16. The molecule has 1 heterocycles. The number of phenols is 1. The minimum Gasteiger partial charge on any atom is -0.507 e. The van der Waals surface area contributed by atoms with Gasteiger partial charge in [0.2, 0.25) is 0 Å². The van der Waals surface area contributed by atoms with Crippen molar-refractivity contribution in [2.45, 2.75) is 11.8 Å². The maximum Gasteiger partial charge on any atom is 0.339 e. The van der Waals surface area contributed by atoms with E-state index in [-0.39, 0.29) is 22.0 Å². The average molecular weight is 408 g/mol. The smallest absolute Gasteiger partial charge is 0.339 e. The zero-order valence-electron chi connectivity index (χ0n) is 15.2. The van der Waals surface area contributed by atoms with E-state index in [2.05, 4.69) is 21.5 Å². The summed E-state index contributed by atoms with van der Waals surface area (Å²) in [5.41, 5.74) is 1.22. The highest BCUT2D eigenvalue weighted by atomic mass is 32.2. The number of pyridine rings is 1. The molecule has 2 aromatic carbocycles. The molecule has 0 atom stereocenters. The second-order valence-electron chi connectivity index (χ2n) is 6.09. The number of anilines is 1. The number of sulfonamides is 1. The van der Waals surface area contributed by atoms with Gasteiger partial charge in [-0.1, -0.05) is 24.0 Å². The van der Waals surface area contributed by atoms with Crippen molar-refractivity contribution in [3.8, 4) is 17.6 Å².